The quantitative estimate of drug-likeness (QED) is 0.272. The Balaban J connectivity index is 1.64. The number of hydrogen-bond donors (Lipinski definition) is 3. The maximum Gasteiger partial charge on any atom is 0.422 e. The fraction of sp³-hybridized carbons (Fsp3) is 0.419. The number of rotatable bonds is 10. The number of aromatic nitrogens is 1. The molecule has 3 aromatic rings. The van der Waals surface area contributed by atoms with E-state index in [1.807, 2.05) is 19.1 Å². The van der Waals surface area contributed by atoms with Crippen LogP contribution in [0.3, 0.4) is 0 Å². The van der Waals surface area contributed by atoms with Crippen molar-refractivity contribution < 1.29 is 37.7 Å². The molecule has 1 saturated carbocycles. The number of halogens is 3. The molecule has 0 bridgehead atoms. The van der Waals surface area contributed by atoms with Gasteiger partial charge < -0.3 is 25.4 Å². The average Bonchev–Trinajstić information content (AvgIpc) is 2.89. The van der Waals surface area contributed by atoms with Crippen molar-refractivity contribution in [2.45, 2.75) is 76.0 Å². The minimum atomic E-state index is -5.13. The number of aliphatic hydroxyl groups is 2. The van der Waals surface area contributed by atoms with Crippen LogP contribution in [0.2, 0.25) is 0 Å². The molecule has 1 atom stereocenters. The zero-order chi connectivity index (χ0) is 30.2. The molecule has 1 heterocycles. The van der Waals surface area contributed by atoms with Crippen molar-refractivity contribution >= 4 is 5.78 Å². The van der Waals surface area contributed by atoms with Gasteiger partial charge in [0.2, 0.25) is 5.60 Å². The first-order valence-corrected chi connectivity index (χ1v) is 13.3. The molecule has 4 N–H and O–H groups in total. The summed E-state index contributed by atoms with van der Waals surface area (Å²) in [5.74, 6) is -0.0157. The van der Waals surface area contributed by atoms with Crippen molar-refractivity contribution in [3.8, 4) is 22.8 Å². The molecule has 10 heteroatoms. The first-order chi connectivity index (χ1) is 19.1. The van der Waals surface area contributed by atoms with Gasteiger partial charge >= 0.3 is 6.18 Å². The molecule has 0 amide bonds. The van der Waals surface area contributed by atoms with E-state index < -0.39 is 47.7 Å². The standard InChI is InChI=1S/C31H35F3N2O5/c1-18-5-7-19(8-6-18)24-14-21(29(2,3)35)15-28(36-24)30(39,31(32,33)34)12-11-25(38)20-9-10-26(27(13-20)40-4)41-23-16-22(37)17-23/h5-10,13-15,22-23,37,39H,11-12,16-17,35H2,1-4H3. The smallest absolute Gasteiger partial charge is 0.422 e. The van der Waals surface area contributed by atoms with E-state index in [0.29, 0.717) is 29.7 Å². The first kappa shape index (κ1) is 30.5. The summed E-state index contributed by atoms with van der Waals surface area (Å²) >= 11 is 0. The Morgan fingerprint density at radius 1 is 1.05 bits per heavy atom. The number of carbonyl (C=O) groups is 1. The summed E-state index contributed by atoms with van der Waals surface area (Å²) in [6.07, 6.45) is -6.36. The van der Waals surface area contributed by atoms with Crippen molar-refractivity contribution in [1.82, 2.24) is 4.98 Å². The summed E-state index contributed by atoms with van der Waals surface area (Å²) in [6, 6.07) is 14.2. The first-order valence-electron chi connectivity index (χ1n) is 13.3. The van der Waals surface area contributed by atoms with Crippen LogP contribution in [0.25, 0.3) is 11.3 Å². The number of Topliss-reactive ketones (excluding diaryl/α,β-unsaturated/α-hetero) is 1. The number of aryl methyl sites for hydroxylation is 1. The molecule has 0 spiro atoms. The SMILES string of the molecule is COc1cc(C(=O)CCC(O)(c2cc(C(C)(C)N)cc(-c3ccc(C)cc3)n2)C(F)(F)F)ccc1OC1CC(O)C1. The molecule has 1 aromatic heterocycles. The van der Waals surface area contributed by atoms with Crippen LogP contribution in [0.4, 0.5) is 13.2 Å². The Labute approximate surface area is 237 Å². The fourth-order valence-corrected chi connectivity index (χ4v) is 4.59. The number of nitrogens with zero attached hydrogens (tertiary/aromatic N) is 1. The second kappa shape index (κ2) is 11.4. The summed E-state index contributed by atoms with van der Waals surface area (Å²) in [5.41, 5.74) is 3.40. The van der Waals surface area contributed by atoms with Crippen LogP contribution in [0.15, 0.2) is 54.6 Å². The molecule has 1 fully saturated rings. The Hall–Kier alpha value is -3.47. The largest absolute Gasteiger partial charge is 0.493 e. The van der Waals surface area contributed by atoms with E-state index in [2.05, 4.69) is 4.98 Å². The van der Waals surface area contributed by atoms with Gasteiger partial charge in [0.25, 0.3) is 0 Å². The summed E-state index contributed by atoms with van der Waals surface area (Å²) < 4.78 is 54.7. The summed E-state index contributed by atoms with van der Waals surface area (Å²) in [5, 5.41) is 20.6. The number of alkyl halides is 3. The lowest BCUT2D eigenvalue weighted by Gasteiger charge is -2.32. The van der Waals surface area contributed by atoms with Crippen LogP contribution >= 0.6 is 0 Å². The number of benzene rings is 2. The van der Waals surface area contributed by atoms with Gasteiger partial charge in [-0.05, 0) is 63.1 Å². The molecule has 0 aliphatic heterocycles. The molecular formula is C31H35F3N2O5. The highest BCUT2D eigenvalue weighted by Gasteiger charge is 2.56. The molecule has 0 saturated heterocycles. The Bertz CT molecular complexity index is 1400. The molecule has 0 radical (unpaired) electrons. The highest BCUT2D eigenvalue weighted by molar-refractivity contribution is 5.96. The number of pyridine rings is 1. The van der Waals surface area contributed by atoms with E-state index in [9.17, 15) is 28.2 Å². The van der Waals surface area contributed by atoms with Crippen molar-refractivity contribution in [3.63, 3.8) is 0 Å². The van der Waals surface area contributed by atoms with Gasteiger partial charge in [-0.3, -0.25) is 4.79 Å². The summed E-state index contributed by atoms with van der Waals surface area (Å²) in [4.78, 5) is 17.3. The Morgan fingerprint density at radius 2 is 1.71 bits per heavy atom. The maximum absolute atomic E-state index is 14.5. The van der Waals surface area contributed by atoms with E-state index in [1.54, 1.807) is 32.0 Å². The zero-order valence-electron chi connectivity index (χ0n) is 23.5. The molecule has 7 nitrogen and oxygen atoms in total. The third-order valence-corrected chi connectivity index (χ3v) is 7.37. The van der Waals surface area contributed by atoms with E-state index in [4.69, 9.17) is 15.2 Å². The lowest BCUT2D eigenvalue weighted by atomic mass is 9.86. The minimum absolute atomic E-state index is 0.109. The maximum atomic E-state index is 14.5. The number of hydrogen-bond acceptors (Lipinski definition) is 7. The molecule has 4 rings (SSSR count). The number of methoxy groups -OCH3 is 1. The highest BCUT2D eigenvalue weighted by atomic mass is 19.4. The predicted octanol–water partition coefficient (Wildman–Crippen LogP) is 5.57. The summed E-state index contributed by atoms with van der Waals surface area (Å²) in [7, 11) is 1.39. The van der Waals surface area contributed by atoms with Crippen LogP contribution in [-0.4, -0.2) is 46.5 Å². The van der Waals surface area contributed by atoms with Crippen LogP contribution in [0.1, 0.15) is 66.7 Å². The molecule has 1 aliphatic rings. The van der Waals surface area contributed by atoms with Crippen molar-refractivity contribution in [2.24, 2.45) is 5.73 Å². The number of carbonyl (C=O) groups excluding carboxylic acids is 1. The molecule has 1 unspecified atom stereocenters. The second-order valence-electron chi connectivity index (χ2n) is 11.2. The van der Waals surface area contributed by atoms with Gasteiger partial charge in [0.05, 0.1) is 24.6 Å². The van der Waals surface area contributed by atoms with Crippen molar-refractivity contribution in [1.29, 1.82) is 0 Å². The monoisotopic (exact) mass is 572 g/mol. The minimum Gasteiger partial charge on any atom is -0.493 e. The lowest BCUT2D eigenvalue weighted by molar-refractivity contribution is -0.270. The van der Waals surface area contributed by atoms with Gasteiger partial charge in [-0.25, -0.2) is 4.98 Å². The third-order valence-electron chi connectivity index (χ3n) is 7.37. The van der Waals surface area contributed by atoms with Gasteiger partial charge in [-0.1, -0.05) is 29.8 Å². The zero-order valence-corrected chi connectivity index (χ0v) is 23.5. The van der Waals surface area contributed by atoms with E-state index in [-0.39, 0.29) is 23.1 Å². The predicted molar refractivity (Wildman–Crippen MR) is 148 cm³/mol. The molecule has 2 aromatic carbocycles. The van der Waals surface area contributed by atoms with Gasteiger partial charge in [-0.2, -0.15) is 13.2 Å². The molecule has 220 valence electrons. The number of ketones is 1. The van der Waals surface area contributed by atoms with Crippen LogP contribution in [0.5, 0.6) is 11.5 Å². The average molecular weight is 573 g/mol. The lowest BCUT2D eigenvalue weighted by Crippen LogP contribution is -2.44. The topological polar surface area (TPSA) is 115 Å². The normalized spacial score (nSPS) is 18.8. The van der Waals surface area contributed by atoms with Gasteiger partial charge in [-0.15, -0.1) is 0 Å². The van der Waals surface area contributed by atoms with Gasteiger partial charge in [0.15, 0.2) is 17.3 Å². The van der Waals surface area contributed by atoms with E-state index >= 15 is 0 Å². The third kappa shape index (κ3) is 6.72. The van der Waals surface area contributed by atoms with Crippen molar-refractivity contribution in [2.75, 3.05) is 7.11 Å². The number of aliphatic hydroxyl groups excluding tert-OH is 1. The van der Waals surface area contributed by atoms with Gasteiger partial charge in [0, 0.05) is 35.9 Å². The van der Waals surface area contributed by atoms with E-state index in [0.717, 1.165) is 11.6 Å². The fourth-order valence-electron chi connectivity index (χ4n) is 4.59. The van der Waals surface area contributed by atoms with Gasteiger partial charge in [0.1, 0.15) is 6.10 Å². The molecule has 1 aliphatic carbocycles. The summed E-state index contributed by atoms with van der Waals surface area (Å²) in [6.45, 7) is 5.18. The van der Waals surface area contributed by atoms with Crippen molar-refractivity contribution in [3.05, 3.63) is 77.0 Å². The second-order valence-corrected chi connectivity index (χ2v) is 11.2. The Kier molecular flexibility index (Phi) is 8.50. The van der Waals surface area contributed by atoms with Crippen LogP contribution in [-0.2, 0) is 11.1 Å². The van der Waals surface area contributed by atoms with Crippen LogP contribution < -0.4 is 15.2 Å². The molecule has 41 heavy (non-hydrogen) atoms. The highest BCUT2D eigenvalue weighted by Crippen LogP contribution is 2.44. The number of ether oxygens (including phenoxy) is 2. The van der Waals surface area contributed by atoms with Crippen LogP contribution in [0, 0.1) is 6.92 Å². The van der Waals surface area contributed by atoms with E-state index in [1.165, 1.54) is 25.3 Å². The molecular weight excluding hydrogens is 537 g/mol. The Morgan fingerprint density at radius 3 is 2.27 bits per heavy atom. The number of nitrogens with two attached hydrogens (primary N) is 1.